The highest BCUT2D eigenvalue weighted by atomic mass is 16.5. The Morgan fingerprint density at radius 3 is 2.62 bits per heavy atom. The largest absolute Gasteiger partial charge is 0.494 e. The van der Waals surface area contributed by atoms with Gasteiger partial charge in [-0.25, -0.2) is 0 Å². The third-order valence-electron chi connectivity index (χ3n) is 4.15. The lowest BCUT2D eigenvalue weighted by Crippen LogP contribution is -2.36. The van der Waals surface area contributed by atoms with Gasteiger partial charge in [0.1, 0.15) is 5.75 Å². The zero-order valence-corrected chi connectivity index (χ0v) is 13.8. The van der Waals surface area contributed by atoms with Crippen LogP contribution in [0.4, 0.5) is 0 Å². The second-order valence-electron chi connectivity index (χ2n) is 5.88. The molecule has 1 fully saturated rings. The van der Waals surface area contributed by atoms with Gasteiger partial charge in [0.05, 0.1) is 6.61 Å². The number of benzene rings is 1. The molecule has 0 amide bonds. The Balaban J connectivity index is 2.09. The number of rotatable bonds is 10. The van der Waals surface area contributed by atoms with Crippen LogP contribution in [0, 0.1) is 5.92 Å². The Morgan fingerprint density at radius 2 is 2.00 bits per heavy atom. The van der Waals surface area contributed by atoms with E-state index in [1.807, 2.05) is 6.92 Å². The first-order valence-corrected chi connectivity index (χ1v) is 8.45. The molecule has 3 heteroatoms. The number of para-hydroxylation sites is 1. The minimum Gasteiger partial charge on any atom is -0.494 e. The summed E-state index contributed by atoms with van der Waals surface area (Å²) >= 11 is 0. The van der Waals surface area contributed by atoms with E-state index in [2.05, 4.69) is 48.3 Å². The van der Waals surface area contributed by atoms with E-state index in [-0.39, 0.29) is 0 Å². The molecular formula is C18H30N2O. The average molecular weight is 290 g/mol. The second kappa shape index (κ2) is 8.40. The van der Waals surface area contributed by atoms with Gasteiger partial charge >= 0.3 is 0 Å². The van der Waals surface area contributed by atoms with Crippen molar-refractivity contribution >= 4 is 0 Å². The zero-order valence-electron chi connectivity index (χ0n) is 13.8. The molecule has 1 N–H and O–H groups in total. The van der Waals surface area contributed by atoms with E-state index in [1.54, 1.807) is 0 Å². The fraction of sp³-hybridized carbons (Fsp3) is 0.667. The normalized spacial score (nSPS) is 16.2. The first kappa shape index (κ1) is 16.3. The highest BCUT2D eigenvalue weighted by molar-refractivity contribution is 5.36. The second-order valence-corrected chi connectivity index (χ2v) is 5.88. The Kier molecular flexibility index (Phi) is 6.52. The predicted molar refractivity (Wildman–Crippen MR) is 88.9 cm³/mol. The molecule has 1 aromatic carbocycles. The molecule has 1 atom stereocenters. The molecule has 2 rings (SSSR count). The van der Waals surface area contributed by atoms with Gasteiger partial charge in [-0.05, 0) is 44.8 Å². The Bertz CT molecular complexity index is 417. The van der Waals surface area contributed by atoms with E-state index in [0.29, 0.717) is 6.04 Å². The van der Waals surface area contributed by atoms with Crippen molar-refractivity contribution < 1.29 is 4.74 Å². The minimum absolute atomic E-state index is 0.344. The molecule has 21 heavy (non-hydrogen) atoms. The van der Waals surface area contributed by atoms with Crippen LogP contribution in [0.25, 0.3) is 0 Å². The number of hydrogen-bond acceptors (Lipinski definition) is 3. The smallest absolute Gasteiger partial charge is 0.124 e. The van der Waals surface area contributed by atoms with E-state index in [0.717, 1.165) is 37.9 Å². The van der Waals surface area contributed by atoms with Gasteiger partial charge < -0.3 is 15.0 Å². The zero-order chi connectivity index (χ0) is 15.1. The molecule has 0 aromatic heterocycles. The summed E-state index contributed by atoms with van der Waals surface area (Å²) in [5, 5.41) is 3.63. The summed E-state index contributed by atoms with van der Waals surface area (Å²) in [6, 6.07) is 8.79. The van der Waals surface area contributed by atoms with Crippen molar-refractivity contribution in [2.45, 2.75) is 39.7 Å². The van der Waals surface area contributed by atoms with Gasteiger partial charge in [-0.3, -0.25) is 0 Å². The molecule has 0 saturated heterocycles. The van der Waals surface area contributed by atoms with Crippen LogP contribution in [0.15, 0.2) is 24.3 Å². The van der Waals surface area contributed by atoms with Gasteiger partial charge in [0.25, 0.3) is 0 Å². The number of likely N-dealkylation sites (N-methyl/N-ethyl adjacent to an activating group) is 2. The van der Waals surface area contributed by atoms with Gasteiger partial charge in [0.2, 0.25) is 0 Å². The number of nitrogens with one attached hydrogen (secondary N) is 1. The van der Waals surface area contributed by atoms with E-state index in [9.17, 15) is 0 Å². The maximum atomic E-state index is 5.81. The van der Waals surface area contributed by atoms with Crippen molar-refractivity contribution in [1.29, 1.82) is 0 Å². The Morgan fingerprint density at radius 1 is 1.24 bits per heavy atom. The van der Waals surface area contributed by atoms with Gasteiger partial charge in [-0.15, -0.1) is 0 Å². The summed E-state index contributed by atoms with van der Waals surface area (Å²) in [6.07, 6.45) is 2.83. The van der Waals surface area contributed by atoms with Gasteiger partial charge in [0, 0.05) is 24.7 Å². The van der Waals surface area contributed by atoms with Crippen LogP contribution in [0.5, 0.6) is 5.75 Å². The maximum absolute atomic E-state index is 5.81. The number of nitrogens with zero attached hydrogens (tertiary/aromatic N) is 1. The van der Waals surface area contributed by atoms with Crippen molar-refractivity contribution in [2.24, 2.45) is 5.92 Å². The molecule has 1 aliphatic rings. The first-order valence-electron chi connectivity index (χ1n) is 8.45. The van der Waals surface area contributed by atoms with Crippen LogP contribution in [0.2, 0.25) is 0 Å². The highest BCUT2D eigenvalue weighted by Crippen LogP contribution is 2.31. The molecule has 1 unspecified atom stereocenters. The fourth-order valence-corrected chi connectivity index (χ4v) is 2.83. The Labute approximate surface area is 129 Å². The molecule has 0 heterocycles. The van der Waals surface area contributed by atoms with Crippen LogP contribution in [-0.4, -0.2) is 37.7 Å². The summed E-state index contributed by atoms with van der Waals surface area (Å²) in [5.41, 5.74) is 1.29. The van der Waals surface area contributed by atoms with Crippen LogP contribution >= 0.6 is 0 Å². The predicted octanol–water partition coefficient (Wildman–Crippen LogP) is 3.47. The molecule has 0 radical (unpaired) electrons. The molecule has 1 aromatic rings. The molecule has 118 valence electrons. The molecule has 0 spiro atoms. The van der Waals surface area contributed by atoms with Crippen molar-refractivity contribution in [3.63, 3.8) is 0 Å². The van der Waals surface area contributed by atoms with Crippen LogP contribution in [-0.2, 0) is 0 Å². The summed E-state index contributed by atoms with van der Waals surface area (Å²) in [5.74, 6) is 1.96. The SMILES string of the molecule is CCNC(CN(CC)CC1CC1)c1ccccc1OCC. The van der Waals surface area contributed by atoms with Crippen LogP contribution < -0.4 is 10.1 Å². The summed E-state index contributed by atoms with van der Waals surface area (Å²) in [6.45, 7) is 11.6. The maximum Gasteiger partial charge on any atom is 0.124 e. The minimum atomic E-state index is 0.344. The first-order chi connectivity index (χ1) is 10.3. The van der Waals surface area contributed by atoms with Gasteiger partial charge in [0.15, 0.2) is 0 Å². The van der Waals surface area contributed by atoms with E-state index >= 15 is 0 Å². The van der Waals surface area contributed by atoms with E-state index in [1.165, 1.54) is 24.9 Å². The van der Waals surface area contributed by atoms with Crippen molar-refractivity contribution in [3.8, 4) is 5.75 Å². The third kappa shape index (κ3) is 5.01. The molecular weight excluding hydrogens is 260 g/mol. The van der Waals surface area contributed by atoms with Crippen molar-refractivity contribution in [1.82, 2.24) is 10.2 Å². The monoisotopic (exact) mass is 290 g/mol. The van der Waals surface area contributed by atoms with Crippen molar-refractivity contribution in [3.05, 3.63) is 29.8 Å². The van der Waals surface area contributed by atoms with Crippen LogP contribution in [0.1, 0.15) is 45.2 Å². The molecule has 0 aliphatic heterocycles. The lowest BCUT2D eigenvalue weighted by atomic mass is 10.0. The quantitative estimate of drug-likeness (QED) is 0.714. The summed E-state index contributed by atoms with van der Waals surface area (Å²) in [7, 11) is 0. The number of hydrogen-bond donors (Lipinski definition) is 1. The lowest BCUT2D eigenvalue weighted by molar-refractivity contribution is 0.241. The van der Waals surface area contributed by atoms with E-state index < -0.39 is 0 Å². The molecule has 1 saturated carbocycles. The molecule has 1 aliphatic carbocycles. The average Bonchev–Trinajstić information content (AvgIpc) is 3.31. The number of ether oxygens (including phenoxy) is 1. The van der Waals surface area contributed by atoms with Gasteiger partial charge in [-0.2, -0.15) is 0 Å². The summed E-state index contributed by atoms with van der Waals surface area (Å²) in [4.78, 5) is 2.58. The third-order valence-corrected chi connectivity index (χ3v) is 4.15. The highest BCUT2D eigenvalue weighted by Gasteiger charge is 2.25. The topological polar surface area (TPSA) is 24.5 Å². The summed E-state index contributed by atoms with van der Waals surface area (Å²) < 4.78 is 5.81. The standard InChI is InChI=1S/C18H30N2O/c1-4-19-17(14-20(5-2)13-15-11-12-15)16-9-7-8-10-18(16)21-6-3/h7-10,15,17,19H,4-6,11-14H2,1-3H3. The van der Waals surface area contributed by atoms with Crippen LogP contribution in [0.3, 0.4) is 0 Å². The molecule has 3 nitrogen and oxygen atoms in total. The van der Waals surface area contributed by atoms with Gasteiger partial charge in [-0.1, -0.05) is 32.0 Å². The lowest BCUT2D eigenvalue weighted by Gasteiger charge is -2.28. The van der Waals surface area contributed by atoms with Crippen molar-refractivity contribution in [2.75, 3.05) is 32.8 Å². The van der Waals surface area contributed by atoms with E-state index in [4.69, 9.17) is 4.74 Å². The Hall–Kier alpha value is -1.06. The molecule has 0 bridgehead atoms. The fourth-order valence-electron chi connectivity index (χ4n) is 2.83.